The van der Waals surface area contributed by atoms with Crippen molar-refractivity contribution in [1.29, 1.82) is 0 Å². The first kappa shape index (κ1) is 21.9. The average molecular weight is 428 g/mol. The predicted octanol–water partition coefficient (Wildman–Crippen LogP) is 3.82. The van der Waals surface area contributed by atoms with Crippen LogP contribution in [0.15, 0.2) is 48.7 Å². The molecule has 30 heavy (non-hydrogen) atoms. The zero-order valence-corrected chi connectivity index (χ0v) is 18.6. The first-order valence-electron chi connectivity index (χ1n) is 9.89. The lowest BCUT2D eigenvalue weighted by atomic mass is 9.90. The van der Waals surface area contributed by atoms with Crippen LogP contribution in [0.5, 0.6) is 11.5 Å². The number of ether oxygens (including phenoxy) is 3. The monoisotopic (exact) mass is 427 g/mol. The van der Waals surface area contributed by atoms with Gasteiger partial charge in [-0.25, -0.2) is 0 Å². The molecule has 160 valence electrons. The Balaban J connectivity index is 1.95. The molecule has 1 aromatic heterocycles. The molecule has 0 amide bonds. The fourth-order valence-electron chi connectivity index (χ4n) is 3.72. The van der Waals surface area contributed by atoms with E-state index in [1.165, 1.54) is 5.39 Å². The Hall–Kier alpha value is -2.77. The highest BCUT2D eigenvalue weighted by Gasteiger charge is 2.24. The molecule has 2 atom stereocenters. The van der Waals surface area contributed by atoms with E-state index >= 15 is 0 Å². The smallest absolute Gasteiger partial charge is 0.166 e. The minimum atomic E-state index is -0.0105. The highest BCUT2D eigenvalue weighted by molar-refractivity contribution is 7.80. The molecule has 0 aliphatic rings. The van der Waals surface area contributed by atoms with Crippen LogP contribution in [0.25, 0.3) is 10.9 Å². The largest absolute Gasteiger partial charge is 0.493 e. The Morgan fingerprint density at radius 1 is 1.03 bits per heavy atom. The highest BCUT2D eigenvalue weighted by Crippen LogP contribution is 2.40. The highest BCUT2D eigenvalue weighted by atomic mass is 32.1. The molecule has 0 aliphatic carbocycles. The van der Waals surface area contributed by atoms with Crippen molar-refractivity contribution >= 4 is 28.2 Å². The van der Waals surface area contributed by atoms with Crippen LogP contribution in [-0.4, -0.2) is 50.6 Å². The van der Waals surface area contributed by atoms with Crippen LogP contribution < -0.4 is 20.1 Å². The molecule has 0 fully saturated rings. The lowest BCUT2D eigenvalue weighted by molar-refractivity contribution is 0.179. The normalized spacial score (nSPS) is 12.9. The number of H-pyrrole nitrogens is 1. The molecule has 2 aromatic carbocycles. The van der Waals surface area contributed by atoms with Crippen molar-refractivity contribution in [2.24, 2.45) is 0 Å². The maximum Gasteiger partial charge on any atom is 0.166 e. The van der Waals surface area contributed by atoms with Crippen LogP contribution in [0.3, 0.4) is 0 Å². The third-order valence-electron chi connectivity index (χ3n) is 5.07. The molecule has 3 N–H and O–H groups in total. The lowest BCUT2D eigenvalue weighted by Gasteiger charge is -2.23. The second-order valence-corrected chi connectivity index (χ2v) is 7.54. The molecule has 3 rings (SSSR count). The van der Waals surface area contributed by atoms with Gasteiger partial charge in [-0.1, -0.05) is 30.3 Å². The van der Waals surface area contributed by atoms with E-state index in [4.69, 9.17) is 26.4 Å². The molecule has 0 radical (unpaired) electrons. The standard InChI is InChI=1S/C23H29N3O3S/c1-15(14-27-2)26-23(30)25-13-19(17-9-7-11-21(28-3)22(17)29-4)18-12-24-20-10-6-5-8-16(18)20/h5-12,15,19,24H,13-14H2,1-4H3,(H2,25,26,30)/t15-,19-/m1/s1. The summed E-state index contributed by atoms with van der Waals surface area (Å²) in [6, 6.07) is 14.3. The van der Waals surface area contributed by atoms with E-state index in [9.17, 15) is 0 Å². The molecule has 0 saturated heterocycles. The molecule has 0 unspecified atom stereocenters. The number of thiocarbonyl (C=S) groups is 1. The van der Waals surface area contributed by atoms with Gasteiger partial charge in [-0.05, 0) is 36.8 Å². The van der Waals surface area contributed by atoms with Crippen LogP contribution in [0, 0.1) is 0 Å². The molecule has 1 heterocycles. The number of aromatic amines is 1. The van der Waals surface area contributed by atoms with Gasteiger partial charge in [-0.3, -0.25) is 0 Å². The molecule has 0 spiro atoms. The van der Waals surface area contributed by atoms with Gasteiger partial charge in [-0.15, -0.1) is 0 Å². The number of rotatable bonds is 9. The number of benzene rings is 2. The van der Waals surface area contributed by atoms with Crippen LogP contribution >= 0.6 is 12.2 Å². The molecule has 0 saturated carbocycles. The average Bonchev–Trinajstić information content (AvgIpc) is 3.17. The fraction of sp³-hybridized carbons (Fsp3) is 0.348. The van der Waals surface area contributed by atoms with Crippen molar-refractivity contribution in [2.75, 3.05) is 34.5 Å². The number of para-hydroxylation sites is 2. The molecule has 6 nitrogen and oxygen atoms in total. The quantitative estimate of drug-likeness (QED) is 0.451. The Bertz CT molecular complexity index is 989. The Kier molecular flexibility index (Phi) is 7.54. The summed E-state index contributed by atoms with van der Waals surface area (Å²) >= 11 is 5.51. The van der Waals surface area contributed by atoms with Gasteiger partial charge < -0.3 is 29.8 Å². The second-order valence-electron chi connectivity index (χ2n) is 7.14. The Labute approximate surface area is 182 Å². The number of hydrogen-bond donors (Lipinski definition) is 3. The van der Waals surface area contributed by atoms with Crippen LogP contribution in [0.1, 0.15) is 24.0 Å². The molecule has 0 aliphatic heterocycles. The van der Waals surface area contributed by atoms with E-state index in [0.717, 1.165) is 22.4 Å². The number of aromatic nitrogens is 1. The molecule has 3 aromatic rings. The third kappa shape index (κ3) is 4.86. The Morgan fingerprint density at radius 3 is 2.57 bits per heavy atom. The number of methoxy groups -OCH3 is 3. The van der Waals surface area contributed by atoms with Crippen LogP contribution in [-0.2, 0) is 4.74 Å². The topological polar surface area (TPSA) is 67.5 Å². The van der Waals surface area contributed by atoms with Gasteiger partial charge in [0.15, 0.2) is 16.6 Å². The summed E-state index contributed by atoms with van der Waals surface area (Å²) in [6.45, 7) is 3.20. The minimum absolute atomic E-state index is 0.0105. The summed E-state index contributed by atoms with van der Waals surface area (Å²) in [5.74, 6) is 1.42. The van der Waals surface area contributed by atoms with Gasteiger partial charge in [0.05, 0.1) is 20.8 Å². The van der Waals surface area contributed by atoms with Crippen molar-refractivity contribution < 1.29 is 14.2 Å². The maximum atomic E-state index is 5.73. The predicted molar refractivity (Wildman–Crippen MR) is 125 cm³/mol. The van der Waals surface area contributed by atoms with Crippen LogP contribution in [0.4, 0.5) is 0 Å². The molecular formula is C23H29N3O3S. The van der Waals surface area contributed by atoms with E-state index in [1.54, 1.807) is 21.3 Å². The zero-order chi connectivity index (χ0) is 21.5. The van der Waals surface area contributed by atoms with E-state index < -0.39 is 0 Å². The van der Waals surface area contributed by atoms with Gasteiger partial charge in [0.1, 0.15) is 0 Å². The first-order valence-corrected chi connectivity index (χ1v) is 10.3. The number of fused-ring (bicyclic) bond motifs is 1. The van der Waals surface area contributed by atoms with Gasteiger partial charge in [-0.2, -0.15) is 0 Å². The van der Waals surface area contributed by atoms with Crippen molar-refractivity contribution in [2.45, 2.75) is 18.9 Å². The minimum Gasteiger partial charge on any atom is -0.493 e. The summed E-state index contributed by atoms with van der Waals surface area (Å²) in [7, 11) is 4.99. The van der Waals surface area contributed by atoms with E-state index in [2.05, 4.69) is 40.0 Å². The van der Waals surface area contributed by atoms with Gasteiger partial charge in [0.2, 0.25) is 0 Å². The second kappa shape index (κ2) is 10.3. The van der Waals surface area contributed by atoms with Gasteiger partial charge >= 0.3 is 0 Å². The molecular weight excluding hydrogens is 398 g/mol. The number of hydrogen-bond acceptors (Lipinski definition) is 4. The van der Waals surface area contributed by atoms with E-state index in [1.807, 2.05) is 31.2 Å². The SMILES string of the molecule is COC[C@@H](C)NC(=S)NC[C@H](c1cccc(OC)c1OC)c1c[nH]c2ccccc12. The maximum absolute atomic E-state index is 5.73. The lowest BCUT2D eigenvalue weighted by Crippen LogP contribution is -2.43. The van der Waals surface area contributed by atoms with Crippen molar-refractivity contribution in [1.82, 2.24) is 15.6 Å². The first-order chi connectivity index (χ1) is 14.6. The summed E-state index contributed by atoms with van der Waals surface area (Å²) in [5, 5.41) is 8.38. The third-order valence-corrected chi connectivity index (χ3v) is 5.33. The molecule has 0 bridgehead atoms. The van der Waals surface area contributed by atoms with Crippen molar-refractivity contribution in [3.63, 3.8) is 0 Å². The van der Waals surface area contributed by atoms with Crippen LogP contribution in [0.2, 0.25) is 0 Å². The van der Waals surface area contributed by atoms with E-state index in [0.29, 0.717) is 24.0 Å². The fourth-order valence-corrected chi connectivity index (χ4v) is 4.00. The van der Waals surface area contributed by atoms with Gasteiger partial charge in [0, 0.05) is 48.3 Å². The van der Waals surface area contributed by atoms with E-state index in [-0.39, 0.29) is 12.0 Å². The summed E-state index contributed by atoms with van der Waals surface area (Å²) < 4.78 is 16.4. The summed E-state index contributed by atoms with van der Waals surface area (Å²) in [5.41, 5.74) is 3.29. The van der Waals surface area contributed by atoms with Crippen molar-refractivity contribution in [3.8, 4) is 11.5 Å². The van der Waals surface area contributed by atoms with Crippen molar-refractivity contribution in [3.05, 3.63) is 59.8 Å². The Morgan fingerprint density at radius 2 is 1.83 bits per heavy atom. The summed E-state index contributed by atoms with van der Waals surface area (Å²) in [6.07, 6.45) is 2.06. The summed E-state index contributed by atoms with van der Waals surface area (Å²) in [4.78, 5) is 3.38. The zero-order valence-electron chi connectivity index (χ0n) is 17.8. The number of nitrogens with one attached hydrogen (secondary N) is 3. The molecule has 7 heteroatoms. The van der Waals surface area contributed by atoms with Gasteiger partial charge in [0.25, 0.3) is 0 Å².